The van der Waals surface area contributed by atoms with Gasteiger partial charge in [-0.1, -0.05) is 79.7 Å². The number of hydrogen-bond donors (Lipinski definition) is 0. The second kappa shape index (κ2) is 28.2. The molecule has 0 radical (unpaired) electrons. The van der Waals surface area contributed by atoms with E-state index in [0.29, 0.717) is 22.3 Å². The average molecular weight is 377 g/mol. The van der Waals surface area contributed by atoms with Crippen LogP contribution < -0.4 is 0 Å². The fourth-order valence-corrected chi connectivity index (χ4v) is 1.36. The van der Waals surface area contributed by atoms with Gasteiger partial charge in [-0.15, -0.1) is 0 Å². The molecule has 0 aliphatic carbocycles. The van der Waals surface area contributed by atoms with Gasteiger partial charge in [-0.05, 0) is 24.3 Å². The summed E-state index contributed by atoms with van der Waals surface area (Å²) in [6.07, 6.45) is 0. The lowest BCUT2D eigenvalue weighted by atomic mass is 10.1. The van der Waals surface area contributed by atoms with E-state index in [1.54, 1.807) is 48.5 Å². The van der Waals surface area contributed by atoms with Gasteiger partial charge in [0.1, 0.15) is 24.3 Å². The lowest BCUT2D eigenvalue weighted by Gasteiger charge is -1.88. The second-order valence-electron chi connectivity index (χ2n) is 3.54. The molecule has 0 heterocycles. The first-order valence-electron chi connectivity index (χ1n) is 9.55. The van der Waals surface area contributed by atoms with Crippen LogP contribution in [0.5, 0.6) is 0 Å². The van der Waals surface area contributed by atoms with Crippen LogP contribution in [0.25, 0.3) is 0 Å². The molecule has 0 amide bonds. The summed E-state index contributed by atoms with van der Waals surface area (Å²) in [6, 6.07) is 21.1. The zero-order valence-corrected chi connectivity index (χ0v) is 18.4. The van der Waals surface area contributed by atoms with Crippen molar-refractivity contribution in [1.29, 1.82) is 21.0 Å². The molecule has 2 aromatic rings. The topological polar surface area (TPSA) is 95.2 Å². The van der Waals surface area contributed by atoms with E-state index in [2.05, 4.69) is 0 Å². The van der Waals surface area contributed by atoms with Crippen molar-refractivity contribution >= 4 is 0 Å². The largest absolute Gasteiger partial charge is 0.192 e. The predicted molar refractivity (Wildman–Crippen MR) is 117 cm³/mol. The van der Waals surface area contributed by atoms with E-state index in [0.717, 1.165) is 0 Å². The average Bonchev–Trinajstić information content (AvgIpc) is 2.84. The molecule has 4 heteroatoms. The maximum atomic E-state index is 8.45. The van der Waals surface area contributed by atoms with Crippen molar-refractivity contribution in [2.45, 2.75) is 55.4 Å². The van der Waals surface area contributed by atoms with Gasteiger partial charge in [-0.25, -0.2) is 0 Å². The van der Waals surface area contributed by atoms with Crippen molar-refractivity contribution in [3.8, 4) is 24.3 Å². The zero-order chi connectivity index (χ0) is 22.8. The highest BCUT2D eigenvalue weighted by Gasteiger charge is 1.96. The van der Waals surface area contributed by atoms with Gasteiger partial charge >= 0.3 is 0 Å². The Labute approximate surface area is 171 Å². The molecule has 0 atom stereocenters. The van der Waals surface area contributed by atoms with Gasteiger partial charge in [0.25, 0.3) is 0 Å². The Balaban J connectivity index is -0.000000152. The van der Waals surface area contributed by atoms with Crippen LogP contribution in [0.2, 0.25) is 0 Å². The Hall–Kier alpha value is -3.60. The molecule has 0 aliphatic heterocycles. The van der Waals surface area contributed by atoms with E-state index in [9.17, 15) is 0 Å². The highest BCUT2D eigenvalue weighted by molar-refractivity contribution is 5.45. The zero-order valence-electron chi connectivity index (χ0n) is 18.4. The fraction of sp³-hybridized carbons (Fsp3) is 0.333. The third kappa shape index (κ3) is 14.7. The Morgan fingerprint density at radius 2 is 0.536 bits per heavy atom. The van der Waals surface area contributed by atoms with E-state index in [-0.39, 0.29) is 0 Å². The molecule has 0 N–H and O–H groups in total. The summed E-state index contributed by atoms with van der Waals surface area (Å²) >= 11 is 0. The van der Waals surface area contributed by atoms with E-state index in [4.69, 9.17) is 21.0 Å². The number of nitrogens with zero attached hydrogens (tertiary/aromatic N) is 4. The summed E-state index contributed by atoms with van der Waals surface area (Å²) in [5.41, 5.74) is 1.74. The van der Waals surface area contributed by atoms with Gasteiger partial charge in [0, 0.05) is 0 Å². The summed E-state index contributed by atoms with van der Waals surface area (Å²) in [4.78, 5) is 0. The minimum absolute atomic E-state index is 0.435. The maximum Gasteiger partial charge on any atom is 0.101 e. The van der Waals surface area contributed by atoms with Gasteiger partial charge < -0.3 is 0 Å². The van der Waals surface area contributed by atoms with Crippen molar-refractivity contribution in [3.05, 3.63) is 70.8 Å². The summed E-state index contributed by atoms with van der Waals surface area (Å²) in [5.74, 6) is 0. The summed E-state index contributed by atoms with van der Waals surface area (Å²) in [7, 11) is 0. The molecule has 0 saturated heterocycles. The minimum atomic E-state index is 0.435. The van der Waals surface area contributed by atoms with Crippen LogP contribution in [0.15, 0.2) is 48.5 Å². The van der Waals surface area contributed by atoms with E-state index >= 15 is 0 Å². The van der Waals surface area contributed by atoms with Crippen LogP contribution in [-0.2, 0) is 0 Å². The molecule has 0 fully saturated rings. The van der Waals surface area contributed by atoms with Crippen LogP contribution in [0.4, 0.5) is 0 Å². The molecule has 0 aromatic heterocycles. The van der Waals surface area contributed by atoms with Crippen molar-refractivity contribution in [3.63, 3.8) is 0 Å². The van der Waals surface area contributed by atoms with E-state index < -0.39 is 0 Å². The quantitative estimate of drug-likeness (QED) is 0.496. The van der Waals surface area contributed by atoms with Crippen molar-refractivity contribution in [2.75, 3.05) is 0 Å². The van der Waals surface area contributed by atoms with Gasteiger partial charge in [-0.2, -0.15) is 21.0 Å². The molecule has 0 aliphatic rings. The molecular weight excluding hydrogens is 344 g/mol. The molecule has 0 bridgehead atoms. The monoisotopic (exact) mass is 376 g/mol. The van der Waals surface area contributed by atoms with Crippen LogP contribution >= 0.6 is 0 Å². The van der Waals surface area contributed by atoms with Crippen molar-refractivity contribution in [1.82, 2.24) is 0 Å². The molecule has 148 valence electrons. The van der Waals surface area contributed by atoms with Crippen LogP contribution in [0, 0.1) is 45.3 Å². The molecule has 0 spiro atoms. The Bertz CT molecular complexity index is 633. The highest BCUT2D eigenvalue weighted by Crippen LogP contribution is 2.04. The van der Waals surface area contributed by atoms with Crippen LogP contribution in [0.3, 0.4) is 0 Å². The molecule has 2 rings (SSSR count). The third-order valence-electron chi connectivity index (χ3n) is 2.34. The minimum Gasteiger partial charge on any atom is -0.192 e. The second-order valence-corrected chi connectivity index (χ2v) is 3.54. The van der Waals surface area contributed by atoms with E-state index in [1.165, 1.54) is 0 Å². The highest BCUT2D eigenvalue weighted by atomic mass is 14.3. The van der Waals surface area contributed by atoms with Crippen LogP contribution in [0.1, 0.15) is 77.6 Å². The van der Waals surface area contributed by atoms with E-state index in [1.807, 2.05) is 79.7 Å². The van der Waals surface area contributed by atoms with Gasteiger partial charge in [0.05, 0.1) is 22.3 Å². The first-order chi connectivity index (χ1) is 13.8. The molecular formula is C24H32N4. The van der Waals surface area contributed by atoms with Crippen LogP contribution in [-0.4, -0.2) is 0 Å². The van der Waals surface area contributed by atoms with Crippen molar-refractivity contribution < 1.29 is 0 Å². The lowest BCUT2D eigenvalue weighted by molar-refractivity contribution is 1.43. The fourth-order valence-electron chi connectivity index (χ4n) is 1.36. The molecule has 28 heavy (non-hydrogen) atoms. The van der Waals surface area contributed by atoms with Gasteiger partial charge in [-0.3, -0.25) is 0 Å². The normalized spacial score (nSPS) is 6.43. The number of hydrogen-bond acceptors (Lipinski definition) is 4. The molecule has 0 saturated carbocycles. The molecule has 4 nitrogen and oxygen atoms in total. The standard InChI is InChI=1S/2C8H4N2.4C2H6/c2*9-5-7-3-1-2-4-8(7)6-10;4*1-2/h2*1-4H;4*1-2H3. The smallest absolute Gasteiger partial charge is 0.101 e. The first-order valence-corrected chi connectivity index (χ1v) is 9.55. The Kier molecular flexibility index (Phi) is 32.3. The van der Waals surface area contributed by atoms with Crippen molar-refractivity contribution in [2.24, 2.45) is 0 Å². The first kappa shape index (κ1) is 32.1. The number of nitriles is 4. The maximum absolute atomic E-state index is 8.45. The number of benzene rings is 2. The SMILES string of the molecule is CC.CC.CC.CC.N#Cc1ccccc1C#N.N#Cc1ccccc1C#N. The summed E-state index contributed by atoms with van der Waals surface area (Å²) < 4.78 is 0. The molecule has 2 aromatic carbocycles. The number of rotatable bonds is 0. The third-order valence-corrected chi connectivity index (χ3v) is 2.34. The Morgan fingerprint density at radius 3 is 0.643 bits per heavy atom. The van der Waals surface area contributed by atoms with Gasteiger partial charge in [0.15, 0.2) is 0 Å². The molecule has 0 unspecified atom stereocenters. The Morgan fingerprint density at radius 1 is 0.393 bits per heavy atom. The predicted octanol–water partition coefficient (Wildman–Crippen LogP) is 6.96. The van der Waals surface area contributed by atoms with Gasteiger partial charge in [0.2, 0.25) is 0 Å². The lowest BCUT2D eigenvalue weighted by Crippen LogP contribution is -1.79. The summed E-state index contributed by atoms with van der Waals surface area (Å²) in [6.45, 7) is 16.0. The summed E-state index contributed by atoms with van der Waals surface area (Å²) in [5, 5.41) is 33.8.